The number of phenols is 2. The van der Waals surface area contributed by atoms with Crippen molar-refractivity contribution < 1.29 is 72.3 Å². The average molecular weight is 1300 g/mol. The Balaban J connectivity index is 0.884. The summed E-state index contributed by atoms with van der Waals surface area (Å²) in [6, 6.07) is 65.3. The highest BCUT2D eigenvalue weighted by Gasteiger charge is 2.41. The first-order valence-electron chi connectivity index (χ1n) is 28.7. The van der Waals surface area contributed by atoms with Crippen LogP contribution < -0.4 is 18.9 Å². The second kappa shape index (κ2) is 24.6. The maximum Gasteiger partial charge on any atom is 0.401 e. The second-order valence-corrected chi connectivity index (χ2v) is 29.5. The molecule has 20 heteroatoms. The average Bonchev–Trinajstić information content (AvgIpc) is 0.920. The van der Waals surface area contributed by atoms with E-state index in [0.29, 0.717) is 44.9 Å². The van der Waals surface area contributed by atoms with E-state index in [0.717, 1.165) is 22.3 Å². The summed E-state index contributed by atoms with van der Waals surface area (Å²) in [7, 11) is -16.1. The molecule has 1 spiro atoms. The molecule has 0 radical (unpaired) electrons. The largest absolute Gasteiger partial charge is 0.508 e. The number of aromatic hydroxyl groups is 2. The molecule has 0 saturated carbocycles. The molecule has 462 valence electrons. The van der Waals surface area contributed by atoms with Crippen molar-refractivity contribution in [3.63, 3.8) is 0 Å². The lowest BCUT2D eigenvalue weighted by atomic mass is 9.97. The summed E-state index contributed by atoms with van der Waals surface area (Å²) >= 11 is 0. The molecule has 11 aliphatic heterocycles. The molecule has 0 aliphatic carbocycles. The van der Waals surface area contributed by atoms with Crippen LogP contribution in [0.15, 0.2) is 294 Å². The first kappa shape index (κ1) is 60.8. The number of sulfone groups is 4. The Bertz CT molecular complexity index is 5010. The van der Waals surface area contributed by atoms with E-state index in [1.54, 1.807) is 72.8 Å². The SMILES string of the molecule is O=S1(=O)c2ccc(cc2)OCc2ccc(cc2-c2ccc(S(=O)(=O)c3ccc(O)cc3)cc2)COCc2ccc(cc2)C2(OCc3ccc(c(-c4ccc(S(=O)(=O)c5ccc(O)cc5)cc4)c3)COc3ccc(cc3)S(=O)(=O)c3ccc(cc3)O2)Oc2ccc1cc2. The van der Waals surface area contributed by atoms with Gasteiger partial charge in [0.1, 0.15) is 47.7 Å². The number of rotatable bonds is 6. The highest BCUT2D eigenvalue weighted by molar-refractivity contribution is 7.92. The van der Waals surface area contributed by atoms with Gasteiger partial charge in [-0.25, -0.2) is 33.7 Å². The van der Waals surface area contributed by atoms with Gasteiger partial charge in [-0.05, 0) is 244 Å². The van der Waals surface area contributed by atoms with Gasteiger partial charge in [-0.2, -0.15) is 0 Å². The number of phenolic OH excluding ortho intramolecular Hbond substituents is 2. The zero-order valence-corrected chi connectivity index (χ0v) is 51.8. The molecule has 0 amide bonds. The van der Waals surface area contributed by atoms with Gasteiger partial charge in [0.25, 0.3) is 0 Å². The molecule has 11 aromatic rings. The van der Waals surface area contributed by atoms with Gasteiger partial charge in [0.15, 0.2) is 0 Å². The number of hydrogen-bond donors (Lipinski definition) is 2. The molecular weight excluding hydrogens is 1250 g/mol. The van der Waals surface area contributed by atoms with Gasteiger partial charge in [-0.3, -0.25) is 4.74 Å². The third-order valence-corrected chi connectivity index (χ3v) is 22.8. The van der Waals surface area contributed by atoms with E-state index in [1.165, 1.54) is 146 Å². The van der Waals surface area contributed by atoms with Crippen molar-refractivity contribution in [2.45, 2.75) is 78.2 Å². The predicted octanol–water partition coefficient (Wildman–Crippen LogP) is 13.7. The van der Waals surface area contributed by atoms with E-state index < -0.39 is 45.3 Å². The fourth-order valence-electron chi connectivity index (χ4n) is 10.6. The van der Waals surface area contributed by atoms with Crippen molar-refractivity contribution in [1.29, 1.82) is 0 Å². The standard InChI is InChI=1S/C72H54O16S4/c73-56-13-29-64(30-14-56)89(75,76)62-25-7-51(8-26-62)70-41-49-1-5-53(70)46-84-58-17-33-66(34-18-58)91(79,80)68-37-21-60(22-38-68)87-72(55-11-3-48(4-12-55)43-83-44-49)86-45-50-2-6-54(47-85-59-19-35-67(36-20-59)92(81,82)69-39-23-61(88-72)24-40-69)71(42-50)52-9-27-63(28-10-52)90(77,78)65-31-15-57(74)16-32-65/h1-42,73-74H,43-47H2. The lowest BCUT2D eigenvalue weighted by Gasteiger charge is -2.34. The van der Waals surface area contributed by atoms with Crippen molar-refractivity contribution in [1.82, 2.24) is 0 Å². The number of ether oxygens (including phenoxy) is 6. The first-order chi connectivity index (χ1) is 44.3. The van der Waals surface area contributed by atoms with Crippen molar-refractivity contribution in [2.24, 2.45) is 0 Å². The van der Waals surface area contributed by atoms with Crippen LogP contribution in [0.5, 0.6) is 34.5 Å². The number of fused-ring (bicyclic) bond motifs is 3. The van der Waals surface area contributed by atoms with E-state index in [1.807, 2.05) is 36.4 Å². The summed E-state index contributed by atoms with van der Waals surface area (Å²) in [5, 5.41) is 19.7. The van der Waals surface area contributed by atoms with Crippen molar-refractivity contribution in [2.75, 3.05) is 0 Å². The van der Waals surface area contributed by atoms with E-state index in [2.05, 4.69) is 0 Å². The molecule has 11 aromatic carbocycles. The molecule has 11 aliphatic rings. The molecule has 92 heavy (non-hydrogen) atoms. The van der Waals surface area contributed by atoms with Crippen LogP contribution in [0.4, 0.5) is 0 Å². The molecule has 1 atom stereocenters. The molecule has 2 N–H and O–H groups in total. The highest BCUT2D eigenvalue weighted by atomic mass is 32.2. The maximum absolute atomic E-state index is 14.3. The predicted molar refractivity (Wildman–Crippen MR) is 339 cm³/mol. The molecule has 11 heterocycles. The number of hydrogen-bond acceptors (Lipinski definition) is 16. The van der Waals surface area contributed by atoms with Crippen molar-refractivity contribution in [3.05, 3.63) is 288 Å². The van der Waals surface area contributed by atoms with E-state index in [4.69, 9.17) is 28.4 Å². The minimum Gasteiger partial charge on any atom is -0.508 e. The van der Waals surface area contributed by atoms with Crippen molar-refractivity contribution in [3.8, 4) is 56.8 Å². The van der Waals surface area contributed by atoms with E-state index >= 15 is 0 Å². The minimum absolute atomic E-state index is 0.0000263. The molecule has 0 saturated heterocycles. The zero-order chi connectivity index (χ0) is 63.8. The van der Waals surface area contributed by atoms with Gasteiger partial charge in [-0.1, -0.05) is 60.7 Å². The van der Waals surface area contributed by atoms with Crippen molar-refractivity contribution >= 4 is 39.3 Å². The fourth-order valence-corrected chi connectivity index (χ4v) is 15.7. The fraction of sp³-hybridized carbons (Fsp3) is 0.0833. The normalized spacial score (nSPS) is 16.3. The lowest BCUT2D eigenvalue weighted by molar-refractivity contribution is -0.319. The second-order valence-electron chi connectivity index (χ2n) is 21.7. The molecule has 0 fully saturated rings. The highest BCUT2D eigenvalue weighted by Crippen LogP contribution is 2.39. The molecule has 1 unspecified atom stereocenters. The summed E-state index contributed by atoms with van der Waals surface area (Å²) < 4.78 is 151. The Labute approximate surface area is 531 Å². The van der Waals surface area contributed by atoms with Crippen LogP contribution in [-0.2, 0) is 87.8 Å². The molecular formula is C72H54O16S4. The van der Waals surface area contributed by atoms with Gasteiger partial charge in [0.2, 0.25) is 39.3 Å². The Morgan fingerprint density at radius 2 is 0.663 bits per heavy atom. The number of benzene rings is 11. The topological polar surface area (TPSA) is 232 Å². The minimum atomic E-state index is -4.14. The zero-order valence-electron chi connectivity index (χ0n) is 48.5. The summed E-state index contributed by atoms with van der Waals surface area (Å²) in [4.78, 5) is -0.00239. The van der Waals surface area contributed by atoms with Crippen LogP contribution in [0.3, 0.4) is 0 Å². The molecule has 0 aromatic heterocycles. The maximum atomic E-state index is 14.3. The first-order valence-corrected chi connectivity index (χ1v) is 34.6. The lowest BCUT2D eigenvalue weighted by Crippen LogP contribution is -2.42. The van der Waals surface area contributed by atoms with Gasteiger partial charge in [-0.15, -0.1) is 0 Å². The quantitative estimate of drug-likeness (QED) is 0.158. The summed E-state index contributed by atoms with van der Waals surface area (Å²) in [5.41, 5.74) is 6.53. The third-order valence-electron chi connectivity index (χ3n) is 15.7. The van der Waals surface area contributed by atoms with Crippen LogP contribution >= 0.6 is 0 Å². The van der Waals surface area contributed by atoms with Crippen LogP contribution in [0.25, 0.3) is 22.3 Å². The molecule has 22 rings (SSSR count). The van der Waals surface area contributed by atoms with E-state index in [-0.39, 0.29) is 95.2 Å². The van der Waals surface area contributed by atoms with Crippen LogP contribution in [0, 0.1) is 0 Å². The summed E-state index contributed by atoms with van der Waals surface area (Å²) in [6.07, 6.45) is 0. The van der Waals surface area contributed by atoms with Crippen LogP contribution in [0.1, 0.15) is 33.4 Å². The Hall–Kier alpha value is -10.1. The van der Waals surface area contributed by atoms with Gasteiger partial charge >= 0.3 is 5.97 Å². The Kier molecular flexibility index (Phi) is 16.3. The van der Waals surface area contributed by atoms with Crippen LogP contribution in [0.2, 0.25) is 0 Å². The Morgan fingerprint density at radius 3 is 1.04 bits per heavy atom. The van der Waals surface area contributed by atoms with Crippen LogP contribution in [-0.4, -0.2) is 43.9 Å². The van der Waals surface area contributed by atoms with Gasteiger partial charge in [0.05, 0.1) is 64.5 Å². The monoisotopic (exact) mass is 1300 g/mol. The van der Waals surface area contributed by atoms with Gasteiger partial charge in [0, 0.05) is 0 Å². The summed E-state index contributed by atoms with van der Waals surface area (Å²) in [5.74, 6) is -1.35. The van der Waals surface area contributed by atoms with E-state index in [9.17, 15) is 43.9 Å². The summed E-state index contributed by atoms with van der Waals surface area (Å²) in [6.45, 7) is 0.153. The third kappa shape index (κ3) is 12.5. The van der Waals surface area contributed by atoms with Gasteiger partial charge < -0.3 is 33.9 Å². The smallest absolute Gasteiger partial charge is 0.401 e. The Morgan fingerprint density at radius 1 is 0.337 bits per heavy atom. The molecule has 14 bridgehead atoms. The molecule has 16 nitrogen and oxygen atoms in total.